The molecule has 0 aliphatic carbocycles. The third-order valence-electron chi connectivity index (χ3n) is 3.36. The van der Waals surface area contributed by atoms with E-state index in [-0.39, 0.29) is 18.3 Å². The Labute approximate surface area is 116 Å². The molecular formula is C13H19N3O2S. The first kappa shape index (κ1) is 12.9. The van der Waals surface area contributed by atoms with Gasteiger partial charge in [-0.3, -0.25) is 4.40 Å². The second-order valence-corrected chi connectivity index (χ2v) is 6.54. The van der Waals surface area contributed by atoms with Crippen molar-refractivity contribution in [1.29, 1.82) is 0 Å². The Morgan fingerprint density at radius 2 is 2.37 bits per heavy atom. The van der Waals surface area contributed by atoms with Crippen molar-refractivity contribution in [1.82, 2.24) is 9.38 Å². The third kappa shape index (κ3) is 2.24. The summed E-state index contributed by atoms with van der Waals surface area (Å²) in [5, 5.41) is 11.6. The summed E-state index contributed by atoms with van der Waals surface area (Å²) >= 11 is 1.59. The second kappa shape index (κ2) is 4.47. The number of rotatable bonds is 2. The number of thiazole rings is 1. The van der Waals surface area contributed by atoms with E-state index in [1.165, 1.54) is 0 Å². The van der Waals surface area contributed by atoms with E-state index in [0.29, 0.717) is 0 Å². The summed E-state index contributed by atoms with van der Waals surface area (Å²) in [6.07, 6.45) is 2.12. The molecule has 2 aromatic rings. The molecule has 6 heteroatoms. The van der Waals surface area contributed by atoms with Gasteiger partial charge in [0.15, 0.2) is 10.8 Å². The summed E-state index contributed by atoms with van der Waals surface area (Å²) < 4.78 is 7.88. The van der Waals surface area contributed by atoms with Gasteiger partial charge in [0.1, 0.15) is 0 Å². The van der Waals surface area contributed by atoms with Gasteiger partial charge >= 0.3 is 0 Å². The van der Waals surface area contributed by atoms with Gasteiger partial charge in [0.2, 0.25) is 0 Å². The van der Waals surface area contributed by atoms with E-state index in [1.54, 1.807) is 11.3 Å². The highest BCUT2D eigenvalue weighted by Crippen LogP contribution is 2.30. The van der Waals surface area contributed by atoms with Crippen LogP contribution in [0.25, 0.3) is 4.96 Å². The van der Waals surface area contributed by atoms with Crippen LogP contribution >= 0.6 is 11.3 Å². The molecule has 3 heterocycles. The SMILES string of the molecule is CC1CN(c2nc3sccn3c2CO)CC(C)(C)O1. The van der Waals surface area contributed by atoms with Crippen molar-refractivity contribution in [3.05, 3.63) is 17.3 Å². The molecule has 1 saturated heterocycles. The largest absolute Gasteiger partial charge is 0.390 e. The van der Waals surface area contributed by atoms with Crippen LogP contribution in [-0.4, -0.2) is 39.3 Å². The molecule has 1 fully saturated rings. The van der Waals surface area contributed by atoms with Crippen molar-refractivity contribution in [2.24, 2.45) is 0 Å². The number of aromatic nitrogens is 2. The molecule has 0 saturated carbocycles. The van der Waals surface area contributed by atoms with Crippen LogP contribution in [0.4, 0.5) is 5.82 Å². The van der Waals surface area contributed by atoms with E-state index in [9.17, 15) is 5.11 Å². The minimum absolute atomic E-state index is 0.000595. The van der Waals surface area contributed by atoms with Gasteiger partial charge in [0.25, 0.3) is 0 Å². The Bertz CT molecular complexity index is 590. The van der Waals surface area contributed by atoms with Crippen LogP contribution in [0.1, 0.15) is 26.5 Å². The van der Waals surface area contributed by atoms with E-state index in [4.69, 9.17) is 4.74 Å². The number of morpholine rings is 1. The fourth-order valence-corrected chi connectivity index (χ4v) is 3.56. The van der Waals surface area contributed by atoms with Crippen LogP contribution < -0.4 is 4.90 Å². The quantitative estimate of drug-likeness (QED) is 0.913. The predicted octanol–water partition coefficient (Wildman–Crippen LogP) is 1.89. The number of aliphatic hydroxyl groups is 1. The van der Waals surface area contributed by atoms with E-state index in [1.807, 2.05) is 16.0 Å². The molecule has 19 heavy (non-hydrogen) atoms. The van der Waals surface area contributed by atoms with E-state index in [0.717, 1.165) is 29.6 Å². The van der Waals surface area contributed by atoms with Gasteiger partial charge in [-0.25, -0.2) is 4.98 Å². The van der Waals surface area contributed by atoms with Crippen molar-refractivity contribution >= 4 is 22.1 Å². The normalized spacial score (nSPS) is 23.2. The fourth-order valence-electron chi connectivity index (χ4n) is 2.84. The topological polar surface area (TPSA) is 50.0 Å². The molecule has 0 aromatic carbocycles. The molecular weight excluding hydrogens is 262 g/mol. The van der Waals surface area contributed by atoms with Gasteiger partial charge in [0.05, 0.1) is 24.0 Å². The average molecular weight is 281 g/mol. The van der Waals surface area contributed by atoms with Crippen LogP contribution in [0.3, 0.4) is 0 Å². The van der Waals surface area contributed by atoms with Crippen LogP contribution in [-0.2, 0) is 11.3 Å². The van der Waals surface area contributed by atoms with Crippen molar-refractivity contribution in [3.63, 3.8) is 0 Å². The Kier molecular flexibility index (Phi) is 3.03. The van der Waals surface area contributed by atoms with Crippen LogP contribution in [0.5, 0.6) is 0 Å². The Balaban J connectivity index is 2.01. The van der Waals surface area contributed by atoms with Crippen molar-refractivity contribution in [3.8, 4) is 0 Å². The van der Waals surface area contributed by atoms with Crippen LogP contribution in [0, 0.1) is 0 Å². The number of aliphatic hydroxyl groups excluding tert-OH is 1. The highest BCUT2D eigenvalue weighted by atomic mass is 32.1. The van der Waals surface area contributed by atoms with Gasteiger partial charge in [-0.2, -0.15) is 0 Å². The zero-order chi connectivity index (χ0) is 13.6. The number of hydrogen-bond donors (Lipinski definition) is 1. The third-order valence-corrected chi connectivity index (χ3v) is 4.12. The van der Waals surface area contributed by atoms with Gasteiger partial charge in [-0.05, 0) is 20.8 Å². The maximum atomic E-state index is 9.64. The number of anilines is 1. The summed E-state index contributed by atoms with van der Waals surface area (Å²) in [5.41, 5.74) is 0.669. The highest BCUT2D eigenvalue weighted by molar-refractivity contribution is 7.15. The highest BCUT2D eigenvalue weighted by Gasteiger charge is 2.33. The summed E-state index contributed by atoms with van der Waals surface area (Å²) in [4.78, 5) is 7.81. The van der Waals surface area contributed by atoms with Crippen molar-refractivity contribution in [2.45, 2.75) is 39.1 Å². The number of hydrogen-bond acceptors (Lipinski definition) is 5. The van der Waals surface area contributed by atoms with E-state index >= 15 is 0 Å². The first-order chi connectivity index (χ1) is 9.00. The molecule has 2 aromatic heterocycles. The summed E-state index contributed by atoms with van der Waals surface area (Å²) in [6.45, 7) is 7.85. The van der Waals surface area contributed by atoms with Crippen molar-refractivity contribution < 1.29 is 9.84 Å². The summed E-state index contributed by atoms with van der Waals surface area (Å²) in [5.74, 6) is 0.887. The molecule has 0 spiro atoms. The number of ether oxygens (including phenoxy) is 1. The van der Waals surface area contributed by atoms with Gasteiger partial charge < -0.3 is 14.7 Å². The molecule has 104 valence electrons. The Hall–Kier alpha value is -1.11. The molecule has 1 aliphatic rings. The number of imidazole rings is 1. The predicted molar refractivity (Wildman–Crippen MR) is 75.8 cm³/mol. The zero-order valence-corrected chi connectivity index (χ0v) is 12.3. The maximum Gasteiger partial charge on any atom is 0.195 e. The van der Waals surface area contributed by atoms with Gasteiger partial charge in [-0.15, -0.1) is 11.3 Å². The first-order valence-electron chi connectivity index (χ1n) is 6.48. The lowest BCUT2D eigenvalue weighted by Crippen LogP contribution is -2.52. The zero-order valence-electron chi connectivity index (χ0n) is 11.5. The van der Waals surface area contributed by atoms with E-state index in [2.05, 4.69) is 30.7 Å². The smallest absolute Gasteiger partial charge is 0.195 e. The first-order valence-corrected chi connectivity index (χ1v) is 7.36. The fraction of sp³-hybridized carbons (Fsp3) is 0.615. The lowest BCUT2D eigenvalue weighted by atomic mass is 10.1. The number of nitrogens with zero attached hydrogens (tertiary/aromatic N) is 3. The summed E-state index contributed by atoms with van der Waals surface area (Å²) in [7, 11) is 0. The minimum Gasteiger partial charge on any atom is -0.390 e. The molecule has 0 bridgehead atoms. The lowest BCUT2D eigenvalue weighted by Gasteiger charge is -2.42. The van der Waals surface area contributed by atoms with Crippen molar-refractivity contribution in [2.75, 3.05) is 18.0 Å². The minimum atomic E-state index is -0.193. The molecule has 1 unspecified atom stereocenters. The molecule has 5 nitrogen and oxygen atoms in total. The molecule has 1 N–H and O–H groups in total. The second-order valence-electron chi connectivity index (χ2n) is 5.66. The maximum absolute atomic E-state index is 9.64. The van der Waals surface area contributed by atoms with Gasteiger partial charge in [0, 0.05) is 24.7 Å². The molecule has 3 rings (SSSR count). The van der Waals surface area contributed by atoms with Crippen LogP contribution in [0.15, 0.2) is 11.6 Å². The molecule has 0 amide bonds. The Morgan fingerprint density at radius 1 is 1.58 bits per heavy atom. The Morgan fingerprint density at radius 3 is 3.05 bits per heavy atom. The monoisotopic (exact) mass is 281 g/mol. The number of fused-ring (bicyclic) bond motifs is 1. The summed E-state index contributed by atoms with van der Waals surface area (Å²) in [6, 6.07) is 0. The average Bonchev–Trinajstić information content (AvgIpc) is 2.84. The standard InChI is InChI=1S/C13H19N3O2S/c1-9-6-15(8-13(2,3)18-9)11-10(7-17)16-4-5-19-12(16)14-11/h4-5,9,17H,6-8H2,1-3H3. The van der Waals surface area contributed by atoms with E-state index < -0.39 is 0 Å². The molecule has 0 radical (unpaired) electrons. The van der Waals surface area contributed by atoms with Gasteiger partial charge in [-0.1, -0.05) is 0 Å². The lowest BCUT2D eigenvalue weighted by molar-refractivity contribution is -0.0752. The molecule has 1 atom stereocenters. The molecule has 1 aliphatic heterocycles. The van der Waals surface area contributed by atoms with Crippen LogP contribution in [0.2, 0.25) is 0 Å².